The first-order chi connectivity index (χ1) is 12.2. The summed E-state index contributed by atoms with van der Waals surface area (Å²) in [7, 11) is 1.47. The predicted molar refractivity (Wildman–Crippen MR) is 88.7 cm³/mol. The van der Waals surface area contributed by atoms with E-state index in [0.717, 1.165) is 5.56 Å². The maximum absolute atomic E-state index is 13.2. The first-order valence-electron chi connectivity index (χ1n) is 7.55. The lowest BCUT2D eigenvalue weighted by Crippen LogP contribution is -2.14. The first kappa shape index (κ1) is 16.6. The lowest BCUT2D eigenvalue weighted by atomic mass is 10.0. The van der Waals surface area contributed by atoms with Gasteiger partial charge in [0.05, 0.1) is 7.11 Å². The molecule has 0 amide bonds. The number of esters is 1. The molecule has 2 aromatic heterocycles. The van der Waals surface area contributed by atoms with Crippen molar-refractivity contribution in [3.8, 4) is 5.88 Å². The second kappa shape index (κ2) is 7.53. The quantitative estimate of drug-likeness (QED) is 0.666. The number of aromatic nitrogens is 2. The summed E-state index contributed by atoms with van der Waals surface area (Å²) >= 11 is 0. The molecule has 0 aliphatic rings. The fourth-order valence-electron chi connectivity index (χ4n) is 2.31. The zero-order valence-electron chi connectivity index (χ0n) is 13.4. The normalized spacial score (nSPS) is 11.6. The Labute approximate surface area is 144 Å². The Morgan fingerprint density at radius 1 is 1.00 bits per heavy atom. The number of ether oxygens (including phenoxy) is 2. The molecule has 3 aromatic rings. The van der Waals surface area contributed by atoms with Crippen LogP contribution in [0, 0.1) is 5.82 Å². The van der Waals surface area contributed by atoms with Crippen LogP contribution in [-0.2, 0) is 4.74 Å². The standard InChI is InChI=1S/C19H15FN2O3/c1-24-17-4-2-3-16(22-17)19(23)25-18(14-9-11-21-12-10-14)13-5-7-15(20)8-6-13/h2-12,18H,1H3. The molecule has 0 spiro atoms. The number of halogens is 1. The first-order valence-corrected chi connectivity index (χ1v) is 7.55. The van der Waals surface area contributed by atoms with Gasteiger partial charge in [-0.2, -0.15) is 0 Å². The van der Waals surface area contributed by atoms with Gasteiger partial charge in [0.2, 0.25) is 5.88 Å². The molecule has 1 unspecified atom stereocenters. The number of nitrogens with zero attached hydrogens (tertiary/aromatic N) is 2. The number of methoxy groups -OCH3 is 1. The molecule has 0 radical (unpaired) electrons. The molecule has 126 valence electrons. The molecule has 6 heteroatoms. The van der Waals surface area contributed by atoms with Crippen molar-refractivity contribution in [2.45, 2.75) is 6.10 Å². The highest BCUT2D eigenvalue weighted by atomic mass is 19.1. The van der Waals surface area contributed by atoms with E-state index in [1.165, 1.54) is 19.2 Å². The molecule has 0 bridgehead atoms. The van der Waals surface area contributed by atoms with Crippen LogP contribution in [0.2, 0.25) is 0 Å². The summed E-state index contributed by atoms with van der Waals surface area (Å²) in [6, 6.07) is 14.1. The number of hydrogen-bond acceptors (Lipinski definition) is 5. The molecular weight excluding hydrogens is 323 g/mol. The number of carbonyl (C=O) groups excluding carboxylic acids is 1. The maximum atomic E-state index is 13.2. The molecular formula is C19H15FN2O3. The van der Waals surface area contributed by atoms with E-state index in [-0.39, 0.29) is 11.5 Å². The van der Waals surface area contributed by atoms with Crippen molar-refractivity contribution in [1.29, 1.82) is 0 Å². The highest BCUT2D eigenvalue weighted by molar-refractivity contribution is 5.87. The van der Waals surface area contributed by atoms with Gasteiger partial charge in [-0.05, 0) is 35.9 Å². The predicted octanol–water partition coefficient (Wildman–Crippen LogP) is 3.57. The molecule has 3 rings (SSSR count). The Kier molecular flexibility index (Phi) is 4.99. The number of hydrogen-bond donors (Lipinski definition) is 0. The third-order valence-electron chi connectivity index (χ3n) is 3.55. The Balaban J connectivity index is 1.92. The average Bonchev–Trinajstić information content (AvgIpc) is 2.67. The monoisotopic (exact) mass is 338 g/mol. The van der Waals surface area contributed by atoms with E-state index in [4.69, 9.17) is 9.47 Å². The van der Waals surface area contributed by atoms with Crippen molar-refractivity contribution in [3.63, 3.8) is 0 Å². The summed E-state index contributed by atoms with van der Waals surface area (Å²) in [6.45, 7) is 0. The highest BCUT2D eigenvalue weighted by Crippen LogP contribution is 2.27. The van der Waals surface area contributed by atoms with E-state index < -0.39 is 12.1 Å². The fraction of sp³-hybridized carbons (Fsp3) is 0.105. The van der Waals surface area contributed by atoms with Crippen LogP contribution in [0.25, 0.3) is 0 Å². The van der Waals surface area contributed by atoms with Gasteiger partial charge in [-0.25, -0.2) is 14.2 Å². The van der Waals surface area contributed by atoms with Crippen molar-refractivity contribution < 1.29 is 18.7 Å². The summed E-state index contributed by atoms with van der Waals surface area (Å²) in [6.07, 6.45) is 2.50. The maximum Gasteiger partial charge on any atom is 0.358 e. The minimum absolute atomic E-state index is 0.125. The van der Waals surface area contributed by atoms with Crippen LogP contribution in [0.3, 0.4) is 0 Å². The van der Waals surface area contributed by atoms with E-state index in [1.54, 1.807) is 54.9 Å². The van der Waals surface area contributed by atoms with Crippen LogP contribution in [-0.4, -0.2) is 23.0 Å². The van der Waals surface area contributed by atoms with E-state index in [2.05, 4.69) is 9.97 Å². The van der Waals surface area contributed by atoms with Crippen molar-refractivity contribution >= 4 is 5.97 Å². The Hall–Kier alpha value is -3.28. The highest BCUT2D eigenvalue weighted by Gasteiger charge is 2.21. The van der Waals surface area contributed by atoms with Crippen LogP contribution >= 0.6 is 0 Å². The summed E-state index contributed by atoms with van der Waals surface area (Å²) < 4.78 is 23.9. The molecule has 2 heterocycles. The molecule has 1 atom stereocenters. The SMILES string of the molecule is COc1cccc(C(=O)OC(c2ccncc2)c2ccc(F)cc2)n1. The number of carbonyl (C=O) groups is 1. The molecule has 0 N–H and O–H groups in total. The molecule has 1 aromatic carbocycles. The van der Waals surface area contributed by atoms with Crippen LogP contribution in [0.15, 0.2) is 67.0 Å². The lowest BCUT2D eigenvalue weighted by Gasteiger charge is -2.18. The van der Waals surface area contributed by atoms with Crippen molar-refractivity contribution in [3.05, 3.63) is 89.6 Å². The van der Waals surface area contributed by atoms with Crippen LogP contribution in [0.5, 0.6) is 5.88 Å². The minimum Gasteiger partial charge on any atom is -0.481 e. The van der Waals surface area contributed by atoms with Gasteiger partial charge in [-0.15, -0.1) is 0 Å². The number of pyridine rings is 2. The third kappa shape index (κ3) is 3.98. The zero-order valence-corrected chi connectivity index (χ0v) is 13.4. The van der Waals surface area contributed by atoms with E-state index in [0.29, 0.717) is 11.4 Å². The van der Waals surface area contributed by atoms with E-state index in [9.17, 15) is 9.18 Å². The molecule has 0 saturated heterocycles. The second-order valence-corrected chi connectivity index (χ2v) is 5.18. The van der Waals surface area contributed by atoms with Crippen molar-refractivity contribution in [2.75, 3.05) is 7.11 Å². The lowest BCUT2D eigenvalue weighted by molar-refractivity contribution is 0.0370. The van der Waals surface area contributed by atoms with Crippen LogP contribution in [0.4, 0.5) is 4.39 Å². The molecule has 0 fully saturated rings. The van der Waals surface area contributed by atoms with Gasteiger partial charge in [0.25, 0.3) is 0 Å². The number of benzene rings is 1. The van der Waals surface area contributed by atoms with Gasteiger partial charge in [0.1, 0.15) is 5.82 Å². The van der Waals surface area contributed by atoms with Crippen LogP contribution < -0.4 is 4.74 Å². The Morgan fingerprint density at radius 2 is 1.68 bits per heavy atom. The summed E-state index contributed by atoms with van der Waals surface area (Å²) in [4.78, 5) is 20.5. The molecule has 5 nitrogen and oxygen atoms in total. The van der Waals surface area contributed by atoms with Gasteiger partial charge < -0.3 is 9.47 Å². The third-order valence-corrected chi connectivity index (χ3v) is 3.55. The van der Waals surface area contributed by atoms with Gasteiger partial charge >= 0.3 is 5.97 Å². The van der Waals surface area contributed by atoms with Crippen LogP contribution in [0.1, 0.15) is 27.7 Å². The summed E-state index contributed by atoms with van der Waals surface area (Å²) in [5.74, 6) is -0.653. The van der Waals surface area contributed by atoms with Gasteiger partial charge in [-0.1, -0.05) is 18.2 Å². The molecule has 0 aliphatic carbocycles. The summed E-state index contributed by atoms with van der Waals surface area (Å²) in [5.41, 5.74) is 1.49. The van der Waals surface area contributed by atoms with Gasteiger partial charge in [-0.3, -0.25) is 4.98 Å². The topological polar surface area (TPSA) is 61.3 Å². The molecule has 25 heavy (non-hydrogen) atoms. The number of rotatable bonds is 5. The molecule has 0 aliphatic heterocycles. The largest absolute Gasteiger partial charge is 0.481 e. The average molecular weight is 338 g/mol. The van der Waals surface area contributed by atoms with Crippen molar-refractivity contribution in [1.82, 2.24) is 9.97 Å². The second-order valence-electron chi connectivity index (χ2n) is 5.18. The smallest absolute Gasteiger partial charge is 0.358 e. The molecule has 0 saturated carbocycles. The van der Waals surface area contributed by atoms with Crippen molar-refractivity contribution in [2.24, 2.45) is 0 Å². The fourth-order valence-corrected chi connectivity index (χ4v) is 2.31. The summed E-state index contributed by atoms with van der Waals surface area (Å²) in [5, 5.41) is 0. The van der Waals surface area contributed by atoms with E-state index >= 15 is 0 Å². The minimum atomic E-state index is -0.705. The Bertz CT molecular complexity index is 854. The zero-order chi connectivity index (χ0) is 17.6. The van der Waals surface area contributed by atoms with E-state index in [1.807, 2.05) is 0 Å². The van der Waals surface area contributed by atoms with Gasteiger partial charge in [0, 0.05) is 24.0 Å². The Morgan fingerprint density at radius 3 is 2.36 bits per heavy atom. The van der Waals surface area contributed by atoms with Gasteiger partial charge in [0.15, 0.2) is 11.8 Å².